The summed E-state index contributed by atoms with van der Waals surface area (Å²) in [6.07, 6.45) is 4.22. The number of aromatic amines is 1. The van der Waals surface area contributed by atoms with E-state index in [0.29, 0.717) is 28.0 Å². The number of halogens is 2. The molecule has 188 valence electrons. The van der Waals surface area contributed by atoms with Gasteiger partial charge in [0.2, 0.25) is 0 Å². The normalized spacial score (nSPS) is 13.6. The first-order chi connectivity index (χ1) is 17.9. The molecule has 37 heavy (non-hydrogen) atoms. The van der Waals surface area contributed by atoms with Crippen molar-refractivity contribution in [3.63, 3.8) is 0 Å². The number of imide groups is 1. The molecule has 3 amide bonds. The Labute approximate surface area is 215 Å². The maximum Gasteiger partial charge on any atom is 0.261 e. The molecule has 7 nitrogen and oxygen atoms in total. The van der Waals surface area contributed by atoms with E-state index in [1.165, 1.54) is 17.4 Å². The van der Waals surface area contributed by atoms with Crippen molar-refractivity contribution in [3.8, 4) is 11.1 Å². The van der Waals surface area contributed by atoms with Crippen LogP contribution in [-0.2, 0) is 12.8 Å². The van der Waals surface area contributed by atoms with Gasteiger partial charge in [0.1, 0.15) is 0 Å². The molecule has 4 aromatic rings. The minimum absolute atomic E-state index is 0.0803. The fourth-order valence-corrected chi connectivity index (χ4v) is 5.46. The van der Waals surface area contributed by atoms with E-state index in [1.807, 2.05) is 6.92 Å². The summed E-state index contributed by atoms with van der Waals surface area (Å²) >= 11 is 1.34. The van der Waals surface area contributed by atoms with Gasteiger partial charge in [-0.2, -0.15) is 5.10 Å². The van der Waals surface area contributed by atoms with Crippen LogP contribution in [0.1, 0.15) is 47.8 Å². The number of H-pyrrole nitrogens is 1. The van der Waals surface area contributed by atoms with E-state index in [2.05, 4.69) is 15.5 Å². The van der Waals surface area contributed by atoms with Gasteiger partial charge >= 0.3 is 0 Å². The monoisotopic (exact) mass is 520 g/mol. The maximum absolute atomic E-state index is 13.9. The lowest BCUT2D eigenvalue weighted by Gasteiger charge is -2.24. The number of rotatable bonds is 8. The molecule has 2 aromatic carbocycles. The summed E-state index contributed by atoms with van der Waals surface area (Å²) in [6.45, 7) is 1.86. The summed E-state index contributed by atoms with van der Waals surface area (Å²) in [5.41, 5.74) is 2.75. The summed E-state index contributed by atoms with van der Waals surface area (Å²) in [4.78, 5) is 41.7. The second-order valence-electron chi connectivity index (χ2n) is 8.68. The Hall–Kier alpha value is -4.18. The number of aromatic nitrogens is 2. The molecule has 0 saturated heterocycles. The van der Waals surface area contributed by atoms with E-state index in [9.17, 15) is 23.2 Å². The van der Waals surface area contributed by atoms with Gasteiger partial charge < -0.3 is 5.32 Å². The molecule has 2 aromatic heterocycles. The topological polar surface area (TPSA) is 95.2 Å². The minimum Gasteiger partial charge on any atom is -0.346 e. The highest BCUT2D eigenvalue weighted by atomic mass is 32.1. The van der Waals surface area contributed by atoms with Crippen molar-refractivity contribution >= 4 is 29.1 Å². The number of carbonyl (C=O) groups excluding carboxylic acids is 3. The van der Waals surface area contributed by atoms with Gasteiger partial charge in [0, 0.05) is 23.2 Å². The number of thiophene rings is 1. The standard InChI is InChI=1S/C27H22F2N4O3S/c1-2-23-20(16-12-30-31-13-16)11-24(37-23)25(34)32-17(9-15-7-8-21(28)22(29)10-15)14-33-26(35)18-5-3-4-6-19(18)27(33)36/h3-8,10-13,17H,2,9,14H2,1H3,(H,30,31)(H,32,34)/t17-/m0/s1. The van der Waals surface area contributed by atoms with Crippen LogP contribution in [0.4, 0.5) is 8.78 Å². The number of benzene rings is 2. The molecule has 3 heterocycles. The number of aryl methyl sites for hydroxylation is 1. The van der Waals surface area contributed by atoms with Crippen LogP contribution in [0, 0.1) is 11.6 Å². The SMILES string of the molecule is CCc1sc(C(=O)N[C@@H](Cc2ccc(F)c(F)c2)CN2C(=O)c3ccccc3C2=O)cc1-c1cn[nH]c1. The van der Waals surface area contributed by atoms with Gasteiger partial charge in [-0.25, -0.2) is 8.78 Å². The number of fused-ring (bicyclic) bond motifs is 1. The number of nitrogens with zero attached hydrogens (tertiary/aromatic N) is 2. The number of carbonyl (C=O) groups is 3. The molecular formula is C27H22F2N4O3S. The zero-order valence-electron chi connectivity index (χ0n) is 19.8. The van der Waals surface area contributed by atoms with Crippen LogP contribution in [0.25, 0.3) is 11.1 Å². The highest BCUT2D eigenvalue weighted by Crippen LogP contribution is 2.32. The van der Waals surface area contributed by atoms with Crippen molar-refractivity contribution < 1.29 is 23.2 Å². The van der Waals surface area contributed by atoms with E-state index in [1.54, 1.807) is 42.7 Å². The number of nitrogens with one attached hydrogen (secondary N) is 2. The van der Waals surface area contributed by atoms with Crippen molar-refractivity contribution in [1.29, 1.82) is 0 Å². The van der Waals surface area contributed by atoms with E-state index in [0.717, 1.165) is 33.0 Å². The first-order valence-corrected chi connectivity index (χ1v) is 12.5. The Morgan fingerprint density at radius 1 is 1.05 bits per heavy atom. The first-order valence-electron chi connectivity index (χ1n) is 11.7. The van der Waals surface area contributed by atoms with Gasteiger partial charge in [-0.3, -0.25) is 24.4 Å². The Balaban J connectivity index is 1.42. The smallest absolute Gasteiger partial charge is 0.261 e. The molecule has 2 N–H and O–H groups in total. The van der Waals surface area contributed by atoms with Gasteiger partial charge in [0.15, 0.2) is 11.6 Å². The average Bonchev–Trinajstić information content (AvgIpc) is 3.62. The van der Waals surface area contributed by atoms with Crippen LogP contribution in [0.15, 0.2) is 60.9 Å². The highest BCUT2D eigenvalue weighted by Gasteiger charge is 2.37. The summed E-state index contributed by atoms with van der Waals surface area (Å²) in [5.74, 6) is -3.31. The molecule has 0 spiro atoms. The summed E-state index contributed by atoms with van der Waals surface area (Å²) in [5, 5.41) is 9.65. The fraction of sp³-hybridized carbons (Fsp3) is 0.185. The van der Waals surface area contributed by atoms with Crippen molar-refractivity contribution in [2.75, 3.05) is 6.54 Å². The van der Waals surface area contributed by atoms with Crippen molar-refractivity contribution in [2.24, 2.45) is 0 Å². The largest absolute Gasteiger partial charge is 0.346 e. The van der Waals surface area contributed by atoms with Crippen molar-refractivity contribution in [1.82, 2.24) is 20.4 Å². The van der Waals surface area contributed by atoms with Crippen LogP contribution in [-0.4, -0.2) is 45.4 Å². The minimum atomic E-state index is -1.01. The molecule has 1 atom stereocenters. The van der Waals surface area contributed by atoms with Crippen LogP contribution in [0.2, 0.25) is 0 Å². The average molecular weight is 521 g/mol. The molecular weight excluding hydrogens is 498 g/mol. The Morgan fingerprint density at radius 2 is 1.78 bits per heavy atom. The number of amides is 3. The van der Waals surface area contributed by atoms with Crippen LogP contribution in [0.3, 0.4) is 0 Å². The summed E-state index contributed by atoms with van der Waals surface area (Å²) in [6, 6.07) is 11.0. The van der Waals surface area contributed by atoms with Gasteiger partial charge in [-0.05, 0) is 54.3 Å². The molecule has 5 rings (SSSR count). The third-order valence-corrected chi connectivity index (χ3v) is 7.52. The zero-order valence-corrected chi connectivity index (χ0v) is 20.6. The molecule has 0 radical (unpaired) electrons. The molecule has 0 bridgehead atoms. The van der Waals surface area contributed by atoms with Gasteiger partial charge in [0.25, 0.3) is 17.7 Å². The molecule has 0 aliphatic carbocycles. The van der Waals surface area contributed by atoms with E-state index >= 15 is 0 Å². The molecule has 10 heteroatoms. The quantitative estimate of drug-likeness (QED) is 0.332. The lowest BCUT2D eigenvalue weighted by molar-refractivity contribution is 0.0629. The Kier molecular flexibility index (Phi) is 6.66. The van der Waals surface area contributed by atoms with Crippen LogP contribution < -0.4 is 5.32 Å². The lowest BCUT2D eigenvalue weighted by atomic mass is 10.0. The third-order valence-electron chi connectivity index (χ3n) is 6.25. The fourth-order valence-electron chi connectivity index (χ4n) is 4.44. The van der Waals surface area contributed by atoms with Crippen molar-refractivity contribution in [3.05, 3.63) is 99.0 Å². The molecule has 1 aliphatic heterocycles. The van der Waals surface area contributed by atoms with Crippen molar-refractivity contribution in [2.45, 2.75) is 25.8 Å². The van der Waals surface area contributed by atoms with Crippen LogP contribution >= 0.6 is 11.3 Å². The van der Waals surface area contributed by atoms with E-state index in [4.69, 9.17) is 0 Å². The lowest BCUT2D eigenvalue weighted by Crippen LogP contribution is -2.46. The Morgan fingerprint density at radius 3 is 2.41 bits per heavy atom. The predicted molar refractivity (Wildman–Crippen MR) is 134 cm³/mol. The van der Waals surface area contributed by atoms with E-state index < -0.39 is 35.4 Å². The first kappa shape index (κ1) is 24.5. The second-order valence-corrected chi connectivity index (χ2v) is 9.81. The highest BCUT2D eigenvalue weighted by molar-refractivity contribution is 7.14. The van der Waals surface area contributed by atoms with E-state index in [-0.39, 0.29) is 13.0 Å². The summed E-state index contributed by atoms with van der Waals surface area (Å²) < 4.78 is 27.4. The number of hydrogen-bond donors (Lipinski definition) is 2. The van der Waals surface area contributed by atoms with Crippen LogP contribution in [0.5, 0.6) is 0 Å². The Bertz CT molecular complexity index is 1460. The summed E-state index contributed by atoms with van der Waals surface area (Å²) in [7, 11) is 0. The zero-order chi connectivity index (χ0) is 26.1. The maximum atomic E-state index is 13.9. The van der Waals surface area contributed by atoms with Gasteiger partial charge in [-0.1, -0.05) is 25.1 Å². The predicted octanol–water partition coefficient (Wildman–Crippen LogP) is 4.62. The van der Waals surface area contributed by atoms with Gasteiger partial charge in [0.05, 0.1) is 28.2 Å². The molecule has 0 fully saturated rings. The van der Waals surface area contributed by atoms with Gasteiger partial charge in [-0.15, -0.1) is 11.3 Å². The molecule has 0 unspecified atom stereocenters. The molecule has 0 saturated carbocycles. The third kappa shape index (κ3) is 4.79. The second kappa shape index (κ2) is 10.1. The molecule has 1 aliphatic rings. The number of hydrogen-bond acceptors (Lipinski definition) is 5.